The zero-order valence-corrected chi connectivity index (χ0v) is 15.0. The number of esters is 1. The van der Waals surface area contributed by atoms with E-state index in [2.05, 4.69) is 11.1 Å². The summed E-state index contributed by atoms with van der Waals surface area (Å²) < 4.78 is 16.3. The third-order valence-electron chi connectivity index (χ3n) is 5.13. The Hall–Kier alpha value is -3.47. The number of H-pyrrole nitrogens is 1. The fraction of sp³-hybridized carbons (Fsp3) is 0.136. The quantitative estimate of drug-likeness (QED) is 0.540. The molecule has 1 N–H and O–H groups in total. The van der Waals surface area contributed by atoms with Crippen molar-refractivity contribution in [2.75, 3.05) is 14.2 Å². The Morgan fingerprint density at radius 3 is 2.56 bits per heavy atom. The second-order valence-corrected chi connectivity index (χ2v) is 6.57. The Morgan fingerprint density at radius 1 is 0.926 bits per heavy atom. The first-order valence-corrected chi connectivity index (χ1v) is 8.66. The van der Waals surface area contributed by atoms with Crippen LogP contribution in [0.5, 0.6) is 11.5 Å². The van der Waals surface area contributed by atoms with Gasteiger partial charge in [0.15, 0.2) is 11.5 Å². The van der Waals surface area contributed by atoms with Gasteiger partial charge in [-0.15, -0.1) is 0 Å². The van der Waals surface area contributed by atoms with Gasteiger partial charge in [0.05, 0.1) is 19.8 Å². The number of aromatic nitrogens is 1. The maximum absolute atomic E-state index is 12.5. The number of benzene rings is 3. The number of hydrogen-bond donors (Lipinski definition) is 1. The molecule has 5 heteroatoms. The van der Waals surface area contributed by atoms with E-state index in [-0.39, 0.29) is 12.6 Å². The van der Waals surface area contributed by atoms with Crippen LogP contribution in [0, 0.1) is 0 Å². The highest BCUT2D eigenvalue weighted by molar-refractivity contribution is 6.12. The van der Waals surface area contributed by atoms with Gasteiger partial charge in [0.2, 0.25) is 0 Å². The molecule has 0 saturated carbocycles. The van der Waals surface area contributed by atoms with Crippen molar-refractivity contribution in [2.24, 2.45) is 0 Å². The Kier molecular flexibility index (Phi) is 3.37. The summed E-state index contributed by atoms with van der Waals surface area (Å²) in [5, 5.41) is 3.00. The van der Waals surface area contributed by atoms with Crippen LogP contribution < -0.4 is 9.47 Å². The van der Waals surface area contributed by atoms with Gasteiger partial charge in [-0.05, 0) is 58.1 Å². The van der Waals surface area contributed by atoms with E-state index >= 15 is 0 Å². The van der Waals surface area contributed by atoms with Gasteiger partial charge in [0.1, 0.15) is 6.61 Å². The third kappa shape index (κ3) is 2.28. The van der Waals surface area contributed by atoms with Gasteiger partial charge >= 0.3 is 5.97 Å². The van der Waals surface area contributed by atoms with E-state index < -0.39 is 0 Å². The first kappa shape index (κ1) is 15.8. The SMILES string of the molecule is COc1cc2cc3c(c(-c4ccc5[nH]ccc5c4)c2cc1OC)C(=O)OC3. The van der Waals surface area contributed by atoms with Gasteiger partial charge < -0.3 is 19.2 Å². The molecule has 1 aromatic heterocycles. The molecule has 0 amide bonds. The number of rotatable bonds is 3. The van der Waals surface area contributed by atoms with Crippen LogP contribution in [0.3, 0.4) is 0 Å². The molecule has 0 radical (unpaired) electrons. The number of fused-ring (bicyclic) bond motifs is 3. The smallest absolute Gasteiger partial charge is 0.339 e. The van der Waals surface area contributed by atoms with Crippen LogP contribution in [-0.2, 0) is 11.3 Å². The zero-order chi connectivity index (χ0) is 18.5. The Balaban J connectivity index is 1.90. The summed E-state index contributed by atoms with van der Waals surface area (Å²) in [6.07, 6.45) is 1.91. The molecule has 2 heterocycles. The number of ether oxygens (including phenoxy) is 3. The molecule has 0 bridgehead atoms. The largest absolute Gasteiger partial charge is 0.493 e. The first-order valence-electron chi connectivity index (χ1n) is 8.66. The molecule has 1 aliphatic rings. The van der Waals surface area contributed by atoms with Gasteiger partial charge in [-0.1, -0.05) is 6.07 Å². The first-order chi connectivity index (χ1) is 13.2. The Morgan fingerprint density at radius 2 is 1.74 bits per heavy atom. The number of cyclic esters (lactones) is 1. The maximum Gasteiger partial charge on any atom is 0.339 e. The minimum absolute atomic E-state index is 0.286. The third-order valence-corrected chi connectivity index (χ3v) is 5.13. The molecule has 5 rings (SSSR count). The fourth-order valence-corrected chi connectivity index (χ4v) is 3.86. The van der Waals surface area contributed by atoms with Gasteiger partial charge in [0, 0.05) is 22.8 Å². The summed E-state index contributed by atoms with van der Waals surface area (Å²) >= 11 is 0. The molecule has 0 fully saturated rings. The molecule has 1 aliphatic heterocycles. The lowest BCUT2D eigenvalue weighted by molar-refractivity contribution is 0.0535. The van der Waals surface area contributed by atoms with Crippen LogP contribution in [0.15, 0.2) is 48.7 Å². The number of aromatic amines is 1. The minimum Gasteiger partial charge on any atom is -0.493 e. The van der Waals surface area contributed by atoms with Crippen LogP contribution in [-0.4, -0.2) is 25.2 Å². The topological polar surface area (TPSA) is 60.5 Å². The van der Waals surface area contributed by atoms with Crippen LogP contribution >= 0.6 is 0 Å². The van der Waals surface area contributed by atoms with Crippen molar-refractivity contribution < 1.29 is 19.0 Å². The standard InChI is InChI=1S/C22H17NO4/c1-25-18-9-14-8-15-11-27-22(24)21(15)20(16(14)10-19(18)26-2)13-3-4-17-12(7-13)5-6-23-17/h3-10,23H,11H2,1-2H3. The lowest BCUT2D eigenvalue weighted by Crippen LogP contribution is -1.99. The van der Waals surface area contributed by atoms with E-state index in [9.17, 15) is 4.79 Å². The highest BCUT2D eigenvalue weighted by Gasteiger charge is 2.28. The highest BCUT2D eigenvalue weighted by atomic mass is 16.5. The lowest BCUT2D eigenvalue weighted by atomic mass is 9.90. The van der Waals surface area contributed by atoms with Crippen molar-refractivity contribution in [2.45, 2.75) is 6.61 Å². The monoisotopic (exact) mass is 359 g/mol. The normalized spacial score (nSPS) is 13.0. The number of nitrogens with one attached hydrogen (secondary N) is 1. The average molecular weight is 359 g/mol. The van der Waals surface area contributed by atoms with Crippen molar-refractivity contribution in [1.29, 1.82) is 0 Å². The second kappa shape index (κ2) is 5.77. The van der Waals surface area contributed by atoms with Gasteiger partial charge in [0.25, 0.3) is 0 Å². The summed E-state index contributed by atoms with van der Waals surface area (Å²) in [6, 6.07) is 14.0. The van der Waals surface area contributed by atoms with Crippen molar-refractivity contribution in [3.63, 3.8) is 0 Å². The van der Waals surface area contributed by atoms with Crippen molar-refractivity contribution >= 4 is 27.6 Å². The van der Waals surface area contributed by atoms with E-state index in [4.69, 9.17) is 14.2 Å². The van der Waals surface area contributed by atoms with Crippen molar-refractivity contribution in [3.05, 3.63) is 59.8 Å². The minimum atomic E-state index is -0.286. The molecule has 134 valence electrons. The second-order valence-electron chi connectivity index (χ2n) is 6.57. The predicted octanol–water partition coefficient (Wildman–Crippen LogP) is 4.68. The van der Waals surface area contributed by atoms with Gasteiger partial charge in [-0.3, -0.25) is 0 Å². The van der Waals surface area contributed by atoms with Gasteiger partial charge in [-0.25, -0.2) is 4.79 Å². The summed E-state index contributed by atoms with van der Waals surface area (Å²) in [5.74, 6) is 0.994. The van der Waals surface area contributed by atoms with E-state index in [0.717, 1.165) is 38.4 Å². The maximum atomic E-state index is 12.5. The molecule has 5 nitrogen and oxygen atoms in total. The molecular formula is C22H17NO4. The van der Waals surface area contributed by atoms with Crippen LogP contribution in [0.1, 0.15) is 15.9 Å². The summed E-state index contributed by atoms with van der Waals surface area (Å²) in [7, 11) is 3.22. The predicted molar refractivity (Wildman–Crippen MR) is 103 cm³/mol. The number of carbonyl (C=O) groups excluding carboxylic acids is 1. The Labute approximate surface area is 155 Å². The fourth-order valence-electron chi connectivity index (χ4n) is 3.86. The molecule has 0 atom stereocenters. The van der Waals surface area contributed by atoms with E-state index in [1.165, 1.54) is 0 Å². The lowest BCUT2D eigenvalue weighted by Gasteiger charge is -2.15. The molecular weight excluding hydrogens is 342 g/mol. The van der Waals surface area contributed by atoms with Crippen molar-refractivity contribution in [3.8, 4) is 22.6 Å². The average Bonchev–Trinajstić information content (AvgIpc) is 3.31. The Bertz CT molecular complexity index is 1220. The molecule has 0 saturated heterocycles. The van der Waals surface area contributed by atoms with Gasteiger partial charge in [-0.2, -0.15) is 0 Å². The number of hydrogen-bond acceptors (Lipinski definition) is 4. The van der Waals surface area contributed by atoms with Crippen LogP contribution in [0.25, 0.3) is 32.8 Å². The molecule has 0 aliphatic carbocycles. The van der Waals surface area contributed by atoms with Crippen LogP contribution in [0.4, 0.5) is 0 Å². The highest BCUT2D eigenvalue weighted by Crippen LogP contribution is 2.42. The van der Waals surface area contributed by atoms with E-state index in [1.807, 2.05) is 42.6 Å². The van der Waals surface area contributed by atoms with E-state index in [0.29, 0.717) is 17.1 Å². The molecule has 0 spiro atoms. The molecule has 27 heavy (non-hydrogen) atoms. The summed E-state index contributed by atoms with van der Waals surface area (Å²) in [4.78, 5) is 15.7. The molecule has 3 aromatic carbocycles. The summed E-state index contributed by atoms with van der Waals surface area (Å²) in [5.41, 5.74) is 4.41. The summed E-state index contributed by atoms with van der Waals surface area (Å²) in [6.45, 7) is 0.290. The number of carbonyl (C=O) groups is 1. The van der Waals surface area contributed by atoms with Crippen LogP contribution in [0.2, 0.25) is 0 Å². The zero-order valence-electron chi connectivity index (χ0n) is 15.0. The van der Waals surface area contributed by atoms with E-state index in [1.54, 1.807) is 14.2 Å². The molecule has 0 unspecified atom stereocenters. The number of methoxy groups -OCH3 is 2. The van der Waals surface area contributed by atoms with Crippen molar-refractivity contribution in [1.82, 2.24) is 4.98 Å². The molecule has 4 aromatic rings.